The summed E-state index contributed by atoms with van der Waals surface area (Å²) in [7, 11) is 0. The van der Waals surface area contributed by atoms with Gasteiger partial charge in [-0.15, -0.1) is 17.3 Å². The number of aliphatic imine (C=N–C) groups is 1. The fourth-order valence-corrected chi connectivity index (χ4v) is 4.16. The lowest BCUT2D eigenvalue weighted by Gasteiger charge is -2.28. The molecule has 3 heterocycles. The second-order valence-corrected chi connectivity index (χ2v) is 6.91. The lowest BCUT2D eigenvalue weighted by molar-refractivity contribution is 0.220. The number of hydrogen-bond acceptors (Lipinski definition) is 5. The zero-order chi connectivity index (χ0) is 16.4. The van der Waals surface area contributed by atoms with Crippen LogP contribution in [0.3, 0.4) is 0 Å². The summed E-state index contributed by atoms with van der Waals surface area (Å²) in [6.45, 7) is 4.38. The van der Waals surface area contributed by atoms with Gasteiger partial charge in [0.1, 0.15) is 5.54 Å². The fourth-order valence-electron chi connectivity index (χ4n) is 2.52. The Kier molecular flexibility index (Phi) is 4.29. The van der Waals surface area contributed by atoms with Crippen LogP contribution in [0.4, 0.5) is 0 Å². The smallest absolute Gasteiger partial charge is 0.282 e. The number of amidine groups is 1. The minimum Gasteiger partial charge on any atom is -0.465 e. The monoisotopic (exact) mass is 345 g/mol. The Bertz CT molecular complexity index is 834. The highest BCUT2D eigenvalue weighted by atomic mass is 35.5. The third-order valence-corrected chi connectivity index (χ3v) is 5.51. The van der Waals surface area contributed by atoms with Crippen LogP contribution in [0.5, 0.6) is 0 Å². The highest BCUT2D eigenvalue weighted by molar-refractivity contribution is 7.16. The average molecular weight is 346 g/mol. The Morgan fingerprint density at radius 2 is 2.22 bits per heavy atom. The molecule has 0 amide bonds. The fraction of sp³-hybridized carbons (Fsp3) is 0.294. The standard InChI is InChI=1S/C17H16ClN3OS/c1-3-4-11-7-12(10-20-9-11)14-8-13(18)15(23-14)17(2)5-6-22-16(19)21-17/h7-10H,5-6H2,1-2H3,(H2,19,21)/t17-/m0/s1. The van der Waals surface area contributed by atoms with Crippen molar-refractivity contribution in [3.8, 4) is 22.3 Å². The second kappa shape index (κ2) is 6.23. The van der Waals surface area contributed by atoms with Crippen molar-refractivity contribution in [1.29, 1.82) is 0 Å². The predicted octanol–water partition coefficient (Wildman–Crippen LogP) is 3.79. The molecule has 0 spiro atoms. The molecule has 1 aliphatic rings. The quantitative estimate of drug-likeness (QED) is 0.842. The van der Waals surface area contributed by atoms with E-state index in [0.717, 1.165) is 27.3 Å². The highest BCUT2D eigenvalue weighted by Crippen LogP contribution is 2.44. The SMILES string of the molecule is CC#Cc1cncc(-c2cc(Cl)c([C@]3(C)CCOC(N)=N3)s2)c1. The largest absolute Gasteiger partial charge is 0.465 e. The van der Waals surface area contributed by atoms with Crippen LogP contribution >= 0.6 is 22.9 Å². The van der Waals surface area contributed by atoms with Gasteiger partial charge in [0.25, 0.3) is 6.02 Å². The summed E-state index contributed by atoms with van der Waals surface area (Å²) >= 11 is 8.09. The first-order chi connectivity index (χ1) is 11.0. The van der Waals surface area contributed by atoms with E-state index in [1.807, 2.05) is 25.3 Å². The van der Waals surface area contributed by atoms with Crippen LogP contribution < -0.4 is 5.73 Å². The van der Waals surface area contributed by atoms with Gasteiger partial charge in [0.15, 0.2) is 0 Å². The van der Waals surface area contributed by atoms with Gasteiger partial charge in [-0.3, -0.25) is 4.98 Å². The summed E-state index contributed by atoms with van der Waals surface area (Å²) in [6.07, 6.45) is 4.31. The van der Waals surface area contributed by atoms with Crippen molar-refractivity contribution in [2.75, 3.05) is 6.61 Å². The van der Waals surface area contributed by atoms with Gasteiger partial charge in [-0.2, -0.15) is 0 Å². The Balaban J connectivity index is 2.03. The maximum Gasteiger partial charge on any atom is 0.282 e. The van der Waals surface area contributed by atoms with Crippen molar-refractivity contribution in [1.82, 2.24) is 4.98 Å². The van der Waals surface area contributed by atoms with Crippen molar-refractivity contribution in [3.05, 3.63) is 40.0 Å². The summed E-state index contributed by atoms with van der Waals surface area (Å²) in [5.41, 5.74) is 7.17. The van der Waals surface area contributed by atoms with Crippen LogP contribution in [-0.2, 0) is 10.3 Å². The van der Waals surface area contributed by atoms with Crippen molar-refractivity contribution in [2.24, 2.45) is 10.7 Å². The number of halogens is 1. The average Bonchev–Trinajstić information content (AvgIpc) is 2.91. The van der Waals surface area contributed by atoms with Crippen LogP contribution in [0.2, 0.25) is 5.02 Å². The normalized spacial score (nSPS) is 20.2. The van der Waals surface area contributed by atoms with Crippen molar-refractivity contribution in [2.45, 2.75) is 25.8 Å². The first kappa shape index (κ1) is 15.9. The van der Waals surface area contributed by atoms with Gasteiger partial charge >= 0.3 is 0 Å². The van der Waals surface area contributed by atoms with Gasteiger partial charge in [-0.1, -0.05) is 17.5 Å². The number of aromatic nitrogens is 1. The molecule has 0 saturated heterocycles. The lowest BCUT2D eigenvalue weighted by Crippen LogP contribution is -2.33. The summed E-state index contributed by atoms with van der Waals surface area (Å²) in [4.78, 5) is 10.7. The lowest BCUT2D eigenvalue weighted by atomic mass is 9.96. The Labute approximate surface area is 144 Å². The molecule has 0 aliphatic carbocycles. The summed E-state index contributed by atoms with van der Waals surface area (Å²) < 4.78 is 5.23. The van der Waals surface area contributed by atoms with E-state index in [1.54, 1.807) is 24.5 Å². The van der Waals surface area contributed by atoms with E-state index in [-0.39, 0.29) is 6.02 Å². The molecular formula is C17H16ClN3OS. The molecule has 4 nitrogen and oxygen atoms in total. The summed E-state index contributed by atoms with van der Waals surface area (Å²) in [6, 6.07) is 4.18. The number of thiophene rings is 1. The van der Waals surface area contributed by atoms with Gasteiger partial charge in [0.2, 0.25) is 0 Å². The van der Waals surface area contributed by atoms with Crippen LogP contribution in [-0.4, -0.2) is 17.6 Å². The highest BCUT2D eigenvalue weighted by Gasteiger charge is 2.34. The Morgan fingerprint density at radius 1 is 1.39 bits per heavy atom. The van der Waals surface area contributed by atoms with E-state index in [9.17, 15) is 0 Å². The van der Waals surface area contributed by atoms with Gasteiger partial charge in [0, 0.05) is 34.8 Å². The van der Waals surface area contributed by atoms with Crippen LogP contribution in [0.15, 0.2) is 29.5 Å². The first-order valence-corrected chi connectivity index (χ1v) is 8.37. The molecular weight excluding hydrogens is 330 g/mol. The molecule has 2 aromatic rings. The number of rotatable bonds is 2. The second-order valence-electron chi connectivity index (χ2n) is 5.45. The third-order valence-electron chi connectivity index (χ3n) is 3.66. The molecule has 118 valence electrons. The Morgan fingerprint density at radius 3 is 2.96 bits per heavy atom. The molecule has 6 heteroatoms. The van der Waals surface area contributed by atoms with Gasteiger partial charge < -0.3 is 10.5 Å². The maximum absolute atomic E-state index is 6.48. The Hall–Kier alpha value is -2.03. The molecule has 0 radical (unpaired) electrons. The summed E-state index contributed by atoms with van der Waals surface area (Å²) in [5.74, 6) is 5.90. The molecule has 23 heavy (non-hydrogen) atoms. The third kappa shape index (κ3) is 3.19. The number of nitrogens with two attached hydrogens (primary N) is 1. The van der Waals surface area contributed by atoms with Crippen LogP contribution in [0.1, 0.15) is 30.7 Å². The minimum absolute atomic E-state index is 0.214. The van der Waals surface area contributed by atoms with E-state index in [4.69, 9.17) is 22.1 Å². The molecule has 3 rings (SSSR count). The van der Waals surface area contributed by atoms with Gasteiger partial charge in [-0.05, 0) is 26.0 Å². The topological polar surface area (TPSA) is 60.5 Å². The molecule has 2 N–H and O–H groups in total. The molecule has 1 atom stereocenters. The van der Waals surface area contributed by atoms with E-state index in [0.29, 0.717) is 11.6 Å². The zero-order valence-electron chi connectivity index (χ0n) is 12.9. The summed E-state index contributed by atoms with van der Waals surface area (Å²) in [5, 5.41) is 0.693. The maximum atomic E-state index is 6.48. The minimum atomic E-state index is -0.448. The first-order valence-electron chi connectivity index (χ1n) is 7.18. The predicted molar refractivity (Wildman–Crippen MR) is 94.7 cm³/mol. The molecule has 2 aromatic heterocycles. The number of hydrogen-bond donors (Lipinski definition) is 1. The molecule has 0 unspecified atom stereocenters. The molecule has 0 fully saturated rings. The molecule has 1 aliphatic heterocycles. The molecule has 0 aromatic carbocycles. The van der Waals surface area contributed by atoms with E-state index < -0.39 is 5.54 Å². The van der Waals surface area contributed by atoms with Gasteiger partial charge in [-0.25, -0.2) is 4.99 Å². The molecule has 0 saturated carbocycles. The van der Waals surface area contributed by atoms with Crippen LogP contribution in [0.25, 0.3) is 10.4 Å². The van der Waals surface area contributed by atoms with Crippen LogP contribution in [0, 0.1) is 11.8 Å². The van der Waals surface area contributed by atoms with E-state index in [1.165, 1.54) is 0 Å². The number of pyridine rings is 1. The molecule has 0 bridgehead atoms. The van der Waals surface area contributed by atoms with E-state index in [2.05, 4.69) is 21.8 Å². The van der Waals surface area contributed by atoms with Crippen molar-refractivity contribution in [3.63, 3.8) is 0 Å². The number of nitrogens with zero attached hydrogens (tertiary/aromatic N) is 2. The van der Waals surface area contributed by atoms with E-state index >= 15 is 0 Å². The van der Waals surface area contributed by atoms with Crippen molar-refractivity contribution < 1.29 is 4.74 Å². The van der Waals surface area contributed by atoms with Gasteiger partial charge in [0.05, 0.1) is 16.5 Å². The van der Waals surface area contributed by atoms with Crippen molar-refractivity contribution >= 4 is 29.0 Å². The zero-order valence-corrected chi connectivity index (χ0v) is 14.5. The number of ether oxygens (including phenoxy) is 1.